The Morgan fingerprint density at radius 3 is 2.64 bits per heavy atom. The fraction of sp³-hybridized carbons (Fsp3) is 0.900. The smallest absolute Gasteiger partial charge is 0.236 e. The standard InChI is InChI=1S/C10H21N3O/c1-10(2)8-11-5-6-13(10)7-9(14)12(3)4/h11H,5-8H2,1-4H3. The number of piperazine rings is 1. The van der Waals surface area contributed by atoms with Crippen LogP contribution in [0.15, 0.2) is 0 Å². The predicted molar refractivity (Wildman–Crippen MR) is 57.2 cm³/mol. The van der Waals surface area contributed by atoms with E-state index in [1.165, 1.54) is 0 Å². The van der Waals surface area contributed by atoms with Gasteiger partial charge in [-0.3, -0.25) is 9.69 Å². The summed E-state index contributed by atoms with van der Waals surface area (Å²) in [5, 5.41) is 3.34. The van der Waals surface area contributed by atoms with E-state index in [0.29, 0.717) is 6.54 Å². The molecule has 0 radical (unpaired) electrons. The molecule has 4 heteroatoms. The minimum absolute atomic E-state index is 0.0872. The molecule has 0 aliphatic carbocycles. The van der Waals surface area contributed by atoms with Gasteiger partial charge in [0.1, 0.15) is 0 Å². The lowest BCUT2D eigenvalue weighted by molar-refractivity contribution is -0.131. The lowest BCUT2D eigenvalue weighted by Gasteiger charge is -2.42. The average Bonchev–Trinajstić information content (AvgIpc) is 2.08. The van der Waals surface area contributed by atoms with Crippen LogP contribution in [0.2, 0.25) is 0 Å². The zero-order valence-electron chi connectivity index (χ0n) is 9.63. The maximum atomic E-state index is 11.6. The third kappa shape index (κ3) is 2.69. The molecule has 1 aliphatic rings. The van der Waals surface area contributed by atoms with Crippen LogP contribution in [-0.4, -0.2) is 61.5 Å². The van der Waals surface area contributed by atoms with Crippen LogP contribution in [0.25, 0.3) is 0 Å². The molecule has 1 saturated heterocycles. The highest BCUT2D eigenvalue weighted by atomic mass is 16.2. The van der Waals surface area contributed by atoms with Crippen molar-refractivity contribution in [3.8, 4) is 0 Å². The number of nitrogens with zero attached hydrogens (tertiary/aromatic N) is 2. The van der Waals surface area contributed by atoms with E-state index in [4.69, 9.17) is 0 Å². The van der Waals surface area contributed by atoms with E-state index in [1.54, 1.807) is 19.0 Å². The molecular formula is C10H21N3O. The zero-order chi connectivity index (χ0) is 10.8. The highest BCUT2D eigenvalue weighted by Crippen LogP contribution is 2.15. The summed E-state index contributed by atoms with van der Waals surface area (Å²) < 4.78 is 0. The molecule has 1 N–H and O–H groups in total. The molecule has 14 heavy (non-hydrogen) atoms. The molecule has 4 nitrogen and oxygen atoms in total. The van der Waals surface area contributed by atoms with Crippen LogP contribution in [0, 0.1) is 0 Å². The summed E-state index contributed by atoms with van der Waals surface area (Å²) in [6, 6.07) is 0. The Bertz CT molecular complexity index is 213. The quantitative estimate of drug-likeness (QED) is 0.666. The molecule has 82 valence electrons. The molecule has 0 saturated carbocycles. The Labute approximate surface area is 86.2 Å². The van der Waals surface area contributed by atoms with Crippen molar-refractivity contribution in [2.75, 3.05) is 40.3 Å². The van der Waals surface area contributed by atoms with Crippen LogP contribution >= 0.6 is 0 Å². The molecule has 0 spiro atoms. The Morgan fingerprint density at radius 1 is 1.50 bits per heavy atom. The Hall–Kier alpha value is -0.610. The number of hydrogen-bond acceptors (Lipinski definition) is 3. The van der Waals surface area contributed by atoms with Gasteiger partial charge in [-0.15, -0.1) is 0 Å². The van der Waals surface area contributed by atoms with Crippen molar-refractivity contribution >= 4 is 5.91 Å². The molecule has 0 aromatic rings. The Balaban J connectivity index is 2.54. The second-order valence-electron chi connectivity index (χ2n) is 4.70. The molecule has 1 heterocycles. The number of amides is 1. The minimum atomic E-state index is 0.0872. The number of hydrogen-bond donors (Lipinski definition) is 1. The lowest BCUT2D eigenvalue weighted by atomic mass is 10.0. The first kappa shape index (κ1) is 11.5. The van der Waals surface area contributed by atoms with E-state index in [2.05, 4.69) is 24.1 Å². The molecule has 1 fully saturated rings. The van der Waals surface area contributed by atoms with E-state index in [1.807, 2.05) is 0 Å². The Morgan fingerprint density at radius 2 is 2.14 bits per heavy atom. The fourth-order valence-corrected chi connectivity index (χ4v) is 1.62. The third-order valence-corrected chi connectivity index (χ3v) is 2.80. The SMILES string of the molecule is CN(C)C(=O)CN1CCNCC1(C)C. The summed E-state index contributed by atoms with van der Waals surface area (Å²) in [7, 11) is 3.61. The van der Waals surface area contributed by atoms with Crippen molar-refractivity contribution in [1.29, 1.82) is 0 Å². The largest absolute Gasteiger partial charge is 0.348 e. The first-order chi connectivity index (χ1) is 6.43. The van der Waals surface area contributed by atoms with Crippen LogP contribution in [0.3, 0.4) is 0 Å². The highest BCUT2D eigenvalue weighted by molar-refractivity contribution is 5.77. The summed E-state index contributed by atoms with van der Waals surface area (Å²) >= 11 is 0. The van der Waals surface area contributed by atoms with Crippen molar-refractivity contribution in [1.82, 2.24) is 15.1 Å². The summed E-state index contributed by atoms with van der Waals surface area (Å²) in [4.78, 5) is 15.5. The fourth-order valence-electron chi connectivity index (χ4n) is 1.62. The van der Waals surface area contributed by atoms with Crippen molar-refractivity contribution in [2.45, 2.75) is 19.4 Å². The second-order valence-corrected chi connectivity index (χ2v) is 4.70. The van der Waals surface area contributed by atoms with Crippen LogP contribution in [0.1, 0.15) is 13.8 Å². The summed E-state index contributed by atoms with van der Waals surface area (Å²) in [6.07, 6.45) is 0. The summed E-state index contributed by atoms with van der Waals surface area (Å²) in [5.41, 5.74) is 0.0872. The number of carbonyl (C=O) groups is 1. The van der Waals surface area contributed by atoms with Gasteiger partial charge in [-0.1, -0.05) is 0 Å². The first-order valence-electron chi connectivity index (χ1n) is 5.09. The van der Waals surface area contributed by atoms with Gasteiger partial charge in [-0.05, 0) is 13.8 Å². The number of rotatable bonds is 2. The van der Waals surface area contributed by atoms with Gasteiger partial charge in [-0.2, -0.15) is 0 Å². The van der Waals surface area contributed by atoms with Gasteiger partial charge in [0.05, 0.1) is 6.54 Å². The highest BCUT2D eigenvalue weighted by Gasteiger charge is 2.30. The van der Waals surface area contributed by atoms with Crippen LogP contribution < -0.4 is 5.32 Å². The maximum absolute atomic E-state index is 11.6. The van der Waals surface area contributed by atoms with Crippen molar-refractivity contribution in [3.05, 3.63) is 0 Å². The lowest BCUT2D eigenvalue weighted by Crippen LogP contribution is -2.59. The Kier molecular flexibility index (Phi) is 3.50. The van der Waals surface area contributed by atoms with Gasteiger partial charge < -0.3 is 10.2 Å². The van der Waals surface area contributed by atoms with Crippen LogP contribution in [0.4, 0.5) is 0 Å². The van der Waals surface area contributed by atoms with Crippen LogP contribution in [0.5, 0.6) is 0 Å². The monoisotopic (exact) mass is 199 g/mol. The second kappa shape index (κ2) is 4.28. The molecule has 1 amide bonds. The summed E-state index contributed by atoms with van der Waals surface area (Å²) in [5.74, 6) is 0.181. The normalized spacial score (nSPS) is 22.0. The minimum Gasteiger partial charge on any atom is -0.348 e. The molecule has 0 aromatic heterocycles. The van der Waals surface area contributed by atoms with E-state index in [9.17, 15) is 4.79 Å². The van der Waals surface area contributed by atoms with E-state index < -0.39 is 0 Å². The average molecular weight is 199 g/mol. The molecule has 0 bridgehead atoms. The predicted octanol–water partition coefficient (Wildman–Crippen LogP) is -0.242. The van der Waals surface area contributed by atoms with E-state index in [0.717, 1.165) is 19.6 Å². The van der Waals surface area contributed by atoms with Gasteiger partial charge in [-0.25, -0.2) is 0 Å². The van der Waals surface area contributed by atoms with Gasteiger partial charge in [0.25, 0.3) is 0 Å². The topological polar surface area (TPSA) is 35.6 Å². The van der Waals surface area contributed by atoms with Gasteiger partial charge >= 0.3 is 0 Å². The van der Waals surface area contributed by atoms with Crippen molar-refractivity contribution in [3.63, 3.8) is 0 Å². The molecular weight excluding hydrogens is 178 g/mol. The third-order valence-electron chi connectivity index (χ3n) is 2.80. The number of nitrogens with one attached hydrogen (secondary N) is 1. The van der Waals surface area contributed by atoms with Gasteiger partial charge in [0.15, 0.2) is 0 Å². The molecule has 1 rings (SSSR count). The van der Waals surface area contributed by atoms with Crippen LogP contribution in [-0.2, 0) is 4.79 Å². The number of carbonyl (C=O) groups excluding carboxylic acids is 1. The van der Waals surface area contributed by atoms with E-state index in [-0.39, 0.29) is 11.4 Å². The molecule has 0 aromatic carbocycles. The van der Waals surface area contributed by atoms with Gasteiger partial charge in [0.2, 0.25) is 5.91 Å². The van der Waals surface area contributed by atoms with Crippen molar-refractivity contribution in [2.24, 2.45) is 0 Å². The molecule has 1 aliphatic heterocycles. The maximum Gasteiger partial charge on any atom is 0.236 e. The van der Waals surface area contributed by atoms with Crippen molar-refractivity contribution < 1.29 is 4.79 Å². The first-order valence-corrected chi connectivity index (χ1v) is 5.09. The van der Waals surface area contributed by atoms with Gasteiger partial charge in [0, 0.05) is 39.3 Å². The molecule has 0 atom stereocenters. The zero-order valence-corrected chi connectivity index (χ0v) is 9.63. The molecule has 0 unspecified atom stereocenters. The number of likely N-dealkylation sites (N-methyl/N-ethyl adjacent to an activating group) is 1. The van der Waals surface area contributed by atoms with E-state index >= 15 is 0 Å². The summed E-state index contributed by atoms with van der Waals surface area (Å²) in [6.45, 7) is 7.75.